The summed E-state index contributed by atoms with van der Waals surface area (Å²) in [6.45, 7) is 6.66. The van der Waals surface area contributed by atoms with Crippen LogP contribution >= 0.6 is 0 Å². The van der Waals surface area contributed by atoms with Gasteiger partial charge in [-0.25, -0.2) is 4.98 Å². The van der Waals surface area contributed by atoms with E-state index < -0.39 is 0 Å². The highest BCUT2D eigenvalue weighted by atomic mass is 15.3. The lowest BCUT2D eigenvalue weighted by Gasteiger charge is -2.20. The van der Waals surface area contributed by atoms with Gasteiger partial charge in [-0.15, -0.1) is 0 Å². The first-order valence-corrected chi connectivity index (χ1v) is 10.6. The Morgan fingerprint density at radius 2 is 1.83 bits per heavy atom. The van der Waals surface area contributed by atoms with E-state index >= 15 is 0 Å². The first-order chi connectivity index (χ1) is 14.2. The van der Waals surface area contributed by atoms with Gasteiger partial charge >= 0.3 is 0 Å². The van der Waals surface area contributed by atoms with Gasteiger partial charge in [-0.05, 0) is 31.9 Å². The molecule has 3 aromatic heterocycles. The summed E-state index contributed by atoms with van der Waals surface area (Å²) in [6.07, 6.45) is 8.46. The van der Waals surface area contributed by atoms with Gasteiger partial charge in [0.2, 0.25) is 0 Å². The third kappa shape index (κ3) is 3.46. The number of nitrogens with zero attached hydrogens (tertiary/aromatic N) is 4. The zero-order valence-corrected chi connectivity index (χ0v) is 17.7. The quantitative estimate of drug-likeness (QED) is 0.424. The zero-order valence-electron chi connectivity index (χ0n) is 17.7. The molecule has 0 unspecified atom stereocenters. The summed E-state index contributed by atoms with van der Waals surface area (Å²) in [4.78, 5) is 9.81. The first kappa shape index (κ1) is 19.4. The van der Waals surface area contributed by atoms with Crippen molar-refractivity contribution in [1.82, 2.24) is 19.6 Å². The fourth-order valence-electron chi connectivity index (χ4n) is 4.32. The number of anilines is 1. The smallest absolute Gasteiger partial charge is 0.165 e. The summed E-state index contributed by atoms with van der Waals surface area (Å²) in [5.74, 6) is 1.49. The minimum Gasteiger partial charge on any atom is -0.373 e. The summed E-state index contributed by atoms with van der Waals surface area (Å²) in [5.41, 5.74) is 6.35. The fraction of sp³-hybridized carbons (Fsp3) is 0.375. The van der Waals surface area contributed by atoms with Crippen molar-refractivity contribution in [2.75, 3.05) is 12.4 Å². The Kier molecular flexibility index (Phi) is 5.47. The van der Waals surface area contributed by atoms with E-state index in [1.807, 2.05) is 42.2 Å². The first-order valence-electron chi connectivity index (χ1n) is 10.6. The minimum atomic E-state index is 0.472. The predicted octanol–water partition coefficient (Wildman–Crippen LogP) is 5.98. The molecule has 0 aliphatic heterocycles. The number of fused-ring (bicyclic) bond motifs is 2. The van der Waals surface area contributed by atoms with Crippen LogP contribution in [0.3, 0.4) is 0 Å². The van der Waals surface area contributed by atoms with Crippen LogP contribution in [0.1, 0.15) is 56.7 Å². The number of benzene rings is 1. The summed E-state index contributed by atoms with van der Waals surface area (Å²) in [7, 11) is 1.96. The van der Waals surface area contributed by atoms with Gasteiger partial charge in [0.1, 0.15) is 5.82 Å². The maximum absolute atomic E-state index is 5.17. The molecule has 29 heavy (non-hydrogen) atoms. The van der Waals surface area contributed by atoms with Crippen molar-refractivity contribution in [1.29, 1.82) is 0 Å². The molecule has 0 fully saturated rings. The van der Waals surface area contributed by atoms with Gasteiger partial charge in [0.15, 0.2) is 5.65 Å². The summed E-state index contributed by atoms with van der Waals surface area (Å²) < 4.78 is 1.93. The summed E-state index contributed by atoms with van der Waals surface area (Å²) >= 11 is 0. The lowest BCUT2D eigenvalue weighted by Crippen LogP contribution is -2.11. The molecule has 0 amide bonds. The van der Waals surface area contributed by atoms with Gasteiger partial charge in [-0.3, -0.25) is 4.98 Å². The molecule has 1 N–H and O–H groups in total. The Labute approximate surface area is 172 Å². The summed E-state index contributed by atoms with van der Waals surface area (Å²) in [5, 5.41) is 9.15. The molecule has 4 rings (SSSR count). The van der Waals surface area contributed by atoms with E-state index in [1.54, 1.807) is 0 Å². The van der Waals surface area contributed by atoms with Crippen LogP contribution in [0.4, 0.5) is 5.82 Å². The largest absolute Gasteiger partial charge is 0.373 e. The monoisotopic (exact) mass is 387 g/mol. The number of nitrogens with one attached hydrogen (secondary N) is 1. The molecule has 150 valence electrons. The maximum Gasteiger partial charge on any atom is 0.165 e. The van der Waals surface area contributed by atoms with E-state index in [0.717, 1.165) is 59.2 Å². The molecule has 0 saturated carbocycles. The highest BCUT2D eigenvalue weighted by molar-refractivity contribution is 5.87. The van der Waals surface area contributed by atoms with Gasteiger partial charge in [0, 0.05) is 41.2 Å². The van der Waals surface area contributed by atoms with E-state index in [-0.39, 0.29) is 0 Å². The Balaban J connectivity index is 1.92. The van der Waals surface area contributed by atoms with Gasteiger partial charge in [-0.2, -0.15) is 9.61 Å². The molecule has 5 heteroatoms. The van der Waals surface area contributed by atoms with E-state index in [1.165, 1.54) is 11.3 Å². The number of hydrogen-bond donors (Lipinski definition) is 1. The fourth-order valence-corrected chi connectivity index (χ4v) is 4.32. The van der Waals surface area contributed by atoms with E-state index in [0.29, 0.717) is 5.92 Å². The van der Waals surface area contributed by atoms with E-state index in [9.17, 15) is 0 Å². The van der Waals surface area contributed by atoms with Crippen LogP contribution in [0.25, 0.3) is 27.7 Å². The van der Waals surface area contributed by atoms with Crippen molar-refractivity contribution in [2.24, 2.45) is 0 Å². The van der Waals surface area contributed by atoms with E-state index in [4.69, 9.17) is 4.98 Å². The topological polar surface area (TPSA) is 55.1 Å². The van der Waals surface area contributed by atoms with Crippen LogP contribution in [0.5, 0.6) is 0 Å². The molecule has 4 aromatic rings. The molecular weight excluding hydrogens is 358 g/mol. The molecule has 0 aliphatic carbocycles. The Hall–Kier alpha value is -2.95. The average molecular weight is 388 g/mol. The SMILES string of the molecule is CCCC(CCC)c1nc2c(-c3cnc4ccccc4c3)cnn2c(NC)c1C. The lowest BCUT2D eigenvalue weighted by atomic mass is 9.92. The third-order valence-electron chi connectivity index (χ3n) is 5.72. The number of aromatic nitrogens is 4. The van der Waals surface area contributed by atoms with Crippen molar-refractivity contribution >= 4 is 22.4 Å². The Morgan fingerprint density at radius 1 is 1.07 bits per heavy atom. The highest BCUT2D eigenvalue weighted by Gasteiger charge is 2.21. The van der Waals surface area contributed by atoms with Crippen LogP contribution in [0.15, 0.2) is 42.7 Å². The second-order valence-electron chi connectivity index (χ2n) is 7.71. The van der Waals surface area contributed by atoms with Crippen LogP contribution in [-0.4, -0.2) is 26.6 Å². The third-order valence-corrected chi connectivity index (χ3v) is 5.72. The van der Waals surface area contributed by atoms with Crippen molar-refractivity contribution < 1.29 is 0 Å². The van der Waals surface area contributed by atoms with Crippen LogP contribution < -0.4 is 5.32 Å². The van der Waals surface area contributed by atoms with Crippen LogP contribution in [0, 0.1) is 6.92 Å². The highest BCUT2D eigenvalue weighted by Crippen LogP contribution is 2.34. The second-order valence-corrected chi connectivity index (χ2v) is 7.71. The van der Waals surface area contributed by atoms with Crippen molar-refractivity contribution in [3.8, 4) is 11.1 Å². The molecule has 0 spiro atoms. The van der Waals surface area contributed by atoms with Gasteiger partial charge in [0.05, 0.1) is 17.4 Å². The molecule has 0 radical (unpaired) electrons. The molecule has 5 nitrogen and oxygen atoms in total. The normalized spacial score (nSPS) is 11.6. The average Bonchev–Trinajstić information content (AvgIpc) is 3.16. The Morgan fingerprint density at radius 3 is 2.55 bits per heavy atom. The lowest BCUT2D eigenvalue weighted by molar-refractivity contribution is 0.545. The van der Waals surface area contributed by atoms with Crippen LogP contribution in [-0.2, 0) is 0 Å². The van der Waals surface area contributed by atoms with Crippen molar-refractivity contribution in [2.45, 2.75) is 52.4 Å². The Bertz CT molecular complexity index is 1140. The van der Waals surface area contributed by atoms with E-state index in [2.05, 4.69) is 48.3 Å². The molecule has 0 aliphatic rings. The molecule has 0 bridgehead atoms. The van der Waals surface area contributed by atoms with Crippen LogP contribution in [0.2, 0.25) is 0 Å². The predicted molar refractivity (Wildman–Crippen MR) is 121 cm³/mol. The molecule has 3 heterocycles. The molecule has 0 saturated heterocycles. The zero-order chi connectivity index (χ0) is 20.4. The van der Waals surface area contributed by atoms with Crippen molar-refractivity contribution in [3.63, 3.8) is 0 Å². The van der Waals surface area contributed by atoms with Gasteiger partial charge in [0.25, 0.3) is 0 Å². The summed E-state index contributed by atoms with van der Waals surface area (Å²) in [6, 6.07) is 10.4. The second kappa shape index (κ2) is 8.19. The molecule has 0 atom stereocenters. The van der Waals surface area contributed by atoms with Gasteiger partial charge in [-0.1, -0.05) is 44.9 Å². The van der Waals surface area contributed by atoms with Crippen molar-refractivity contribution in [3.05, 3.63) is 54.0 Å². The number of hydrogen-bond acceptors (Lipinski definition) is 4. The van der Waals surface area contributed by atoms with Gasteiger partial charge < -0.3 is 5.32 Å². The maximum atomic E-state index is 5.17. The number of pyridine rings is 1. The standard InChI is InChI=1S/C24H29N5/c1-5-9-17(10-6-2)22-16(3)23(25-4)29-24(28-22)20(15-27-29)19-13-18-11-7-8-12-21(18)26-14-19/h7-8,11-15,17,25H,5-6,9-10H2,1-4H3. The minimum absolute atomic E-state index is 0.472. The molecular formula is C24H29N5. The number of para-hydroxylation sites is 1. The molecule has 1 aromatic carbocycles. The number of rotatable bonds is 7.